The van der Waals surface area contributed by atoms with E-state index in [0.717, 1.165) is 12.5 Å². The molecule has 0 N–H and O–H groups in total. The van der Waals surface area contributed by atoms with E-state index in [2.05, 4.69) is 18.6 Å². The predicted octanol–water partition coefficient (Wildman–Crippen LogP) is 2.08. The van der Waals surface area contributed by atoms with E-state index in [1.165, 1.54) is 12.8 Å². The Bertz CT molecular complexity index is 75.6. The maximum atomic E-state index is 5.35. The molecule has 2 atom stereocenters. The molecule has 68 valence electrons. The quantitative estimate of drug-likeness (QED) is 0.540. The van der Waals surface area contributed by atoms with Gasteiger partial charge in [0.05, 0.1) is 6.10 Å². The summed E-state index contributed by atoms with van der Waals surface area (Å²) in [6.45, 7) is 5.41. The number of methoxy groups -OCH3 is 1. The molecular weight excluding hydrogens is 140 g/mol. The number of hydrogen-bond acceptors (Lipinski definition) is 2. The van der Waals surface area contributed by atoms with Crippen molar-refractivity contribution in [3.8, 4) is 0 Å². The highest BCUT2D eigenvalue weighted by atomic mass is 16.5. The SMILES string of the molecule is CC1CCOC(C)C1.COC. The molecule has 1 saturated heterocycles. The van der Waals surface area contributed by atoms with E-state index in [9.17, 15) is 0 Å². The van der Waals surface area contributed by atoms with Crippen molar-refractivity contribution in [3.63, 3.8) is 0 Å². The van der Waals surface area contributed by atoms with Gasteiger partial charge in [0, 0.05) is 20.8 Å². The van der Waals surface area contributed by atoms with Crippen LogP contribution in [0.5, 0.6) is 0 Å². The first-order valence-corrected chi connectivity index (χ1v) is 4.22. The lowest BCUT2D eigenvalue weighted by atomic mass is 9.99. The van der Waals surface area contributed by atoms with Crippen molar-refractivity contribution < 1.29 is 9.47 Å². The minimum absolute atomic E-state index is 0.513. The third-order valence-electron chi connectivity index (χ3n) is 1.75. The molecule has 2 nitrogen and oxygen atoms in total. The average molecular weight is 160 g/mol. The molecule has 0 aliphatic carbocycles. The Kier molecular flexibility index (Phi) is 6.57. The summed E-state index contributed by atoms with van der Waals surface area (Å²) in [6.07, 6.45) is 3.02. The van der Waals surface area contributed by atoms with Crippen LogP contribution in [0.4, 0.5) is 0 Å². The first kappa shape index (κ1) is 10.9. The van der Waals surface area contributed by atoms with Crippen LogP contribution in [0.25, 0.3) is 0 Å². The van der Waals surface area contributed by atoms with Crippen LogP contribution in [0.2, 0.25) is 0 Å². The largest absolute Gasteiger partial charge is 0.388 e. The van der Waals surface area contributed by atoms with E-state index in [4.69, 9.17) is 4.74 Å². The highest BCUT2D eigenvalue weighted by Crippen LogP contribution is 2.18. The third kappa shape index (κ3) is 6.32. The summed E-state index contributed by atoms with van der Waals surface area (Å²) in [6, 6.07) is 0. The van der Waals surface area contributed by atoms with Crippen LogP contribution in [0.3, 0.4) is 0 Å². The Labute approximate surface area is 69.9 Å². The Morgan fingerprint density at radius 3 is 2.09 bits per heavy atom. The van der Waals surface area contributed by atoms with E-state index in [-0.39, 0.29) is 0 Å². The standard InChI is InChI=1S/C7H14O.C2H6O/c1-6-3-4-8-7(2)5-6;1-3-2/h6-7H,3-5H2,1-2H3;1-2H3. The van der Waals surface area contributed by atoms with Gasteiger partial charge in [-0.2, -0.15) is 0 Å². The van der Waals surface area contributed by atoms with Gasteiger partial charge >= 0.3 is 0 Å². The summed E-state index contributed by atoms with van der Waals surface area (Å²) in [7, 11) is 3.25. The normalized spacial score (nSPS) is 30.5. The number of rotatable bonds is 0. The van der Waals surface area contributed by atoms with Crippen LogP contribution >= 0.6 is 0 Å². The molecule has 0 aromatic carbocycles. The molecular formula is C9H20O2. The van der Waals surface area contributed by atoms with Gasteiger partial charge in [-0.05, 0) is 25.7 Å². The zero-order chi connectivity index (χ0) is 8.69. The Hall–Kier alpha value is -0.0800. The lowest BCUT2D eigenvalue weighted by Gasteiger charge is -2.23. The summed E-state index contributed by atoms with van der Waals surface area (Å²) in [5.41, 5.74) is 0. The fourth-order valence-corrected chi connectivity index (χ4v) is 1.22. The molecule has 0 spiro atoms. The number of ether oxygens (including phenoxy) is 2. The Balaban J connectivity index is 0.000000292. The van der Waals surface area contributed by atoms with Crippen molar-refractivity contribution in [1.82, 2.24) is 0 Å². The van der Waals surface area contributed by atoms with Crippen molar-refractivity contribution in [1.29, 1.82) is 0 Å². The summed E-state index contributed by atoms with van der Waals surface area (Å²) in [4.78, 5) is 0. The highest BCUT2D eigenvalue weighted by molar-refractivity contribution is 4.63. The monoisotopic (exact) mass is 160 g/mol. The van der Waals surface area contributed by atoms with Crippen LogP contribution in [0.15, 0.2) is 0 Å². The molecule has 1 fully saturated rings. The molecule has 0 radical (unpaired) electrons. The van der Waals surface area contributed by atoms with Crippen LogP contribution in [0.1, 0.15) is 26.7 Å². The Morgan fingerprint density at radius 2 is 1.82 bits per heavy atom. The fourth-order valence-electron chi connectivity index (χ4n) is 1.22. The average Bonchev–Trinajstić information content (AvgIpc) is 1.88. The highest BCUT2D eigenvalue weighted by Gasteiger charge is 2.13. The molecule has 1 heterocycles. The molecule has 0 amide bonds. The van der Waals surface area contributed by atoms with Gasteiger partial charge in [0.25, 0.3) is 0 Å². The first-order chi connectivity index (χ1) is 5.20. The van der Waals surface area contributed by atoms with E-state index < -0.39 is 0 Å². The second-order valence-corrected chi connectivity index (χ2v) is 3.22. The minimum atomic E-state index is 0.513. The molecule has 11 heavy (non-hydrogen) atoms. The Morgan fingerprint density at radius 1 is 1.27 bits per heavy atom. The lowest BCUT2D eigenvalue weighted by molar-refractivity contribution is 0.00682. The molecule has 0 aromatic rings. The van der Waals surface area contributed by atoms with Gasteiger partial charge in [0.1, 0.15) is 0 Å². The third-order valence-corrected chi connectivity index (χ3v) is 1.75. The molecule has 2 heteroatoms. The van der Waals surface area contributed by atoms with E-state index in [1.54, 1.807) is 14.2 Å². The maximum absolute atomic E-state index is 5.35. The van der Waals surface area contributed by atoms with Crippen LogP contribution in [-0.4, -0.2) is 26.9 Å². The zero-order valence-corrected chi connectivity index (χ0v) is 8.09. The zero-order valence-electron chi connectivity index (χ0n) is 8.09. The van der Waals surface area contributed by atoms with Crippen molar-refractivity contribution in [3.05, 3.63) is 0 Å². The lowest BCUT2D eigenvalue weighted by Crippen LogP contribution is -2.20. The minimum Gasteiger partial charge on any atom is -0.388 e. The van der Waals surface area contributed by atoms with Gasteiger partial charge in [0.2, 0.25) is 0 Å². The summed E-state index contributed by atoms with van der Waals surface area (Å²) in [5, 5.41) is 0. The van der Waals surface area contributed by atoms with E-state index >= 15 is 0 Å². The second-order valence-electron chi connectivity index (χ2n) is 3.22. The van der Waals surface area contributed by atoms with Gasteiger partial charge in [-0.15, -0.1) is 0 Å². The fraction of sp³-hybridized carbons (Fsp3) is 1.00. The van der Waals surface area contributed by atoms with Gasteiger partial charge in [-0.1, -0.05) is 6.92 Å². The molecule has 2 unspecified atom stereocenters. The molecule has 1 aliphatic heterocycles. The van der Waals surface area contributed by atoms with Crippen molar-refractivity contribution >= 4 is 0 Å². The van der Waals surface area contributed by atoms with Crippen molar-refractivity contribution in [2.75, 3.05) is 20.8 Å². The molecule has 1 rings (SSSR count). The topological polar surface area (TPSA) is 18.5 Å². The first-order valence-electron chi connectivity index (χ1n) is 4.22. The van der Waals surface area contributed by atoms with Crippen molar-refractivity contribution in [2.45, 2.75) is 32.8 Å². The van der Waals surface area contributed by atoms with E-state index in [1.807, 2.05) is 0 Å². The maximum Gasteiger partial charge on any atom is 0.0549 e. The van der Waals surface area contributed by atoms with Crippen LogP contribution < -0.4 is 0 Å². The predicted molar refractivity (Wildman–Crippen MR) is 46.7 cm³/mol. The summed E-state index contributed by atoms with van der Waals surface area (Å²) in [5.74, 6) is 0.888. The van der Waals surface area contributed by atoms with Gasteiger partial charge in [0.15, 0.2) is 0 Å². The summed E-state index contributed by atoms with van der Waals surface area (Å²) >= 11 is 0. The van der Waals surface area contributed by atoms with Crippen LogP contribution in [-0.2, 0) is 9.47 Å². The second kappa shape index (κ2) is 6.62. The van der Waals surface area contributed by atoms with Gasteiger partial charge in [-0.3, -0.25) is 0 Å². The molecule has 1 aliphatic rings. The van der Waals surface area contributed by atoms with E-state index in [0.29, 0.717) is 6.10 Å². The molecule has 0 aromatic heterocycles. The molecule has 0 bridgehead atoms. The van der Waals surface area contributed by atoms with Crippen molar-refractivity contribution in [2.24, 2.45) is 5.92 Å². The smallest absolute Gasteiger partial charge is 0.0549 e. The van der Waals surface area contributed by atoms with Gasteiger partial charge < -0.3 is 9.47 Å². The van der Waals surface area contributed by atoms with Crippen LogP contribution in [0, 0.1) is 5.92 Å². The number of hydrogen-bond donors (Lipinski definition) is 0. The molecule has 0 saturated carbocycles. The summed E-state index contributed by atoms with van der Waals surface area (Å²) < 4.78 is 9.60. The van der Waals surface area contributed by atoms with Gasteiger partial charge in [-0.25, -0.2) is 0 Å².